The van der Waals surface area contributed by atoms with Crippen LogP contribution in [-0.4, -0.2) is 31.9 Å². The molecule has 0 radical (unpaired) electrons. The highest BCUT2D eigenvalue weighted by Crippen LogP contribution is 2.30. The van der Waals surface area contributed by atoms with Gasteiger partial charge in [-0.15, -0.1) is 12.4 Å². The minimum absolute atomic E-state index is 0. The number of sulfonamides is 1. The Bertz CT molecular complexity index is 600. The molecule has 2 atom stereocenters. The molecule has 1 aromatic carbocycles. The lowest BCUT2D eigenvalue weighted by molar-refractivity contribution is 0.192. The summed E-state index contributed by atoms with van der Waals surface area (Å²) in [7, 11) is -3.85. The molecular formula is C13H19BrClFN2O2S. The number of halogens is 3. The first kappa shape index (κ1) is 18.8. The van der Waals surface area contributed by atoms with Gasteiger partial charge in [0, 0.05) is 23.6 Å². The predicted molar refractivity (Wildman–Crippen MR) is 86.5 cm³/mol. The van der Waals surface area contributed by atoms with E-state index in [1.807, 2.05) is 6.92 Å². The van der Waals surface area contributed by atoms with Gasteiger partial charge in [-0.25, -0.2) is 12.8 Å². The van der Waals surface area contributed by atoms with Gasteiger partial charge in [0.2, 0.25) is 10.0 Å². The molecule has 4 nitrogen and oxygen atoms in total. The zero-order valence-electron chi connectivity index (χ0n) is 11.6. The fraction of sp³-hybridized carbons (Fsp3) is 0.538. The Balaban J connectivity index is 0.00000220. The van der Waals surface area contributed by atoms with Crippen molar-refractivity contribution in [2.24, 2.45) is 11.7 Å². The van der Waals surface area contributed by atoms with Gasteiger partial charge in [0.25, 0.3) is 0 Å². The molecule has 0 aromatic heterocycles. The van der Waals surface area contributed by atoms with Gasteiger partial charge >= 0.3 is 0 Å². The van der Waals surface area contributed by atoms with Gasteiger partial charge in [-0.05, 0) is 37.0 Å². The molecule has 0 bridgehead atoms. The zero-order valence-corrected chi connectivity index (χ0v) is 14.8. The van der Waals surface area contributed by atoms with Crippen LogP contribution in [0.15, 0.2) is 27.6 Å². The average Bonchev–Trinajstić information content (AvgIpc) is 2.37. The largest absolute Gasteiger partial charge is 0.329 e. The standard InChI is InChI=1S/C13H18BrFN2O2S.ClH/c1-9-3-2-6-17(12(9)8-16)20(18,19)13-5-4-10(14)7-11(13)15;/h4-5,7,9,12H,2-3,6,8,16H2,1H3;1H. The summed E-state index contributed by atoms with van der Waals surface area (Å²) >= 11 is 3.13. The third-order valence-corrected chi connectivity index (χ3v) is 6.24. The number of hydrogen-bond acceptors (Lipinski definition) is 3. The van der Waals surface area contributed by atoms with Crippen LogP contribution in [0.1, 0.15) is 19.8 Å². The average molecular weight is 402 g/mol. The number of nitrogens with zero attached hydrogens (tertiary/aromatic N) is 1. The first-order valence-electron chi connectivity index (χ1n) is 6.55. The van der Waals surface area contributed by atoms with E-state index in [0.717, 1.165) is 18.9 Å². The second-order valence-electron chi connectivity index (χ2n) is 5.11. The van der Waals surface area contributed by atoms with Crippen LogP contribution in [0.4, 0.5) is 4.39 Å². The molecule has 8 heteroatoms. The summed E-state index contributed by atoms with van der Waals surface area (Å²) in [6.07, 6.45) is 1.71. The molecule has 1 saturated heterocycles. The molecule has 1 aliphatic heterocycles. The monoisotopic (exact) mass is 400 g/mol. The Labute approximate surface area is 139 Å². The molecule has 2 N–H and O–H groups in total. The maximum atomic E-state index is 14.0. The second kappa shape index (κ2) is 7.37. The molecule has 21 heavy (non-hydrogen) atoms. The van der Waals surface area contributed by atoms with Gasteiger partial charge in [0.1, 0.15) is 10.7 Å². The molecule has 120 valence electrons. The highest BCUT2D eigenvalue weighted by atomic mass is 79.9. The van der Waals surface area contributed by atoms with Gasteiger partial charge in [0.15, 0.2) is 0 Å². The Morgan fingerprint density at radius 1 is 1.48 bits per heavy atom. The minimum atomic E-state index is -3.85. The van der Waals surface area contributed by atoms with Crippen molar-refractivity contribution in [3.63, 3.8) is 0 Å². The van der Waals surface area contributed by atoms with Crippen LogP contribution in [0.25, 0.3) is 0 Å². The zero-order chi connectivity index (χ0) is 14.9. The normalized spacial score (nSPS) is 23.6. The molecule has 1 heterocycles. The lowest BCUT2D eigenvalue weighted by Gasteiger charge is -2.38. The summed E-state index contributed by atoms with van der Waals surface area (Å²) < 4.78 is 41.1. The molecule has 2 rings (SSSR count). The van der Waals surface area contributed by atoms with Crippen molar-refractivity contribution in [1.82, 2.24) is 4.31 Å². The van der Waals surface area contributed by atoms with E-state index >= 15 is 0 Å². The van der Waals surface area contributed by atoms with Gasteiger partial charge in [0.05, 0.1) is 0 Å². The quantitative estimate of drug-likeness (QED) is 0.847. The van der Waals surface area contributed by atoms with E-state index in [9.17, 15) is 12.8 Å². The lowest BCUT2D eigenvalue weighted by Crippen LogP contribution is -2.51. The fourth-order valence-corrected chi connectivity index (χ4v) is 4.82. The minimum Gasteiger partial charge on any atom is -0.329 e. The van der Waals surface area contributed by atoms with E-state index in [0.29, 0.717) is 11.0 Å². The maximum Gasteiger partial charge on any atom is 0.246 e. The summed E-state index contributed by atoms with van der Waals surface area (Å²) in [4.78, 5) is -0.284. The van der Waals surface area contributed by atoms with Gasteiger partial charge in [-0.2, -0.15) is 4.31 Å². The van der Waals surface area contributed by atoms with Crippen molar-refractivity contribution in [2.45, 2.75) is 30.7 Å². The summed E-state index contributed by atoms with van der Waals surface area (Å²) in [5, 5.41) is 0. The van der Waals surface area contributed by atoms with E-state index in [-0.39, 0.29) is 35.8 Å². The van der Waals surface area contributed by atoms with Crippen LogP contribution in [0.3, 0.4) is 0 Å². The third-order valence-electron chi connectivity index (χ3n) is 3.79. The van der Waals surface area contributed by atoms with Gasteiger partial charge in [-0.3, -0.25) is 0 Å². The highest BCUT2D eigenvalue weighted by molar-refractivity contribution is 9.10. The Morgan fingerprint density at radius 2 is 2.14 bits per heavy atom. The number of benzene rings is 1. The summed E-state index contributed by atoms with van der Waals surface area (Å²) in [6.45, 7) is 2.62. The highest BCUT2D eigenvalue weighted by Gasteiger charge is 2.37. The fourth-order valence-electron chi connectivity index (χ4n) is 2.67. The molecule has 1 fully saturated rings. The Kier molecular flexibility index (Phi) is 6.61. The van der Waals surface area contributed by atoms with Crippen molar-refractivity contribution in [1.29, 1.82) is 0 Å². The number of hydrogen-bond donors (Lipinski definition) is 1. The predicted octanol–water partition coefficient (Wildman–Crippen LogP) is 2.76. The molecule has 2 unspecified atom stereocenters. The Morgan fingerprint density at radius 3 is 2.71 bits per heavy atom. The number of nitrogens with two attached hydrogens (primary N) is 1. The first-order chi connectivity index (χ1) is 9.37. The van der Waals surface area contributed by atoms with E-state index in [4.69, 9.17) is 5.73 Å². The van der Waals surface area contributed by atoms with Crippen LogP contribution in [0.5, 0.6) is 0 Å². The number of rotatable bonds is 3. The van der Waals surface area contributed by atoms with Crippen LogP contribution in [0, 0.1) is 11.7 Å². The molecule has 0 amide bonds. The lowest BCUT2D eigenvalue weighted by atomic mass is 9.93. The smallest absolute Gasteiger partial charge is 0.246 e. The summed E-state index contributed by atoms with van der Waals surface area (Å²) in [6, 6.07) is 3.72. The van der Waals surface area contributed by atoms with E-state index in [1.165, 1.54) is 16.4 Å². The van der Waals surface area contributed by atoms with E-state index in [2.05, 4.69) is 15.9 Å². The van der Waals surface area contributed by atoms with Crippen molar-refractivity contribution < 1.29 is 12.8 Å². The topological polar surface area (TPSA) is 63.4 Å². The maximum absolute atomic E-state index is 14.0. The first-order valence-corrected chi connectivity index (χ1v) is 8.78. The Hall–Kier alpha value is -0.210. The molecule has 0 spiro atoms. The van der Waals surface area contributed by atoms with Crippen LogP contribution < -0.4 is 5.73 Å². The van der Waals surface area contributed by atoms with Crippen molar-refractivity contribution in [3.8, 4) is 0 Å². The van der Waals surface area contributed by atoms with Crippen LogP contribution >= 0.6 is 28.3 Å². The van der Waals surface area contributed by atoms with Gasteiger partial charge in [-0.1, -0.05) is 22.9 Å². The van der Waals surface area contributed by atoms with Crippen molar-refractivity contribution in [2.75, 3.05) is 13.1 Å². The molecule has 1 aliphatic rings. The van der Waals surface area contributed by atoms with Crippen LogP contribution in [-0.2, 0) is 10.0 Å². The summed E-state index contributed by atoms with van der Waals surface area (Å²) in [5.74, 6) is -0.560. The second-order valence-corrected chi connectivity index (χ2v) is 7.89. The van der Waals surface area contributed by atoms with Crippen molar-refractivity contribution in [3.05, 3.63) is 28.5 Å². The molecule has 1 aromatic rings. The van der Waals surface area contributed by atoms with E-state index < -0.39 is 15.8 Å². The molecule has 0 aliphatic carbocycles. The van der Waals surface area contributed by atoms with Gasteiger partial charge < -0.3 is 5.73 Å². The molecular weight excluding hydrogens is 383 g/mol. The summed E-state index contributed by atoms with van der Waals surface area (Å²) in [5.41, 5.74) is 5.71. The van der Waals surface area contributed by atoms with Crippen molar-refractivity contribution >= 4 is 38.4 Å². The SMILES string of the molecule is CC1CCCN(S(=O)(=O)c2ccc(Br)cc2F)C1CN.Cl. The third kappa shape index (κ3) is 3.76. The number of piperidine rings is 1. The van der Waals surface area contributed by atoms with Crippen LogP contribution in [0.2, 0.25) is 0 Å². The van der Waals surface area contributed by atoms with E-state index in [1.54, 1.807) is 0 Å². The molecule has 0 saturated carbocycles.